The highest BCUT2D eigenvalue weighted by atomic mass is 19.2. The fourth-order valence-corrected chi connectivity index (χ4v) is 5.25. The van der Waals surface area contributed by atoms with Crippen molar-refractivity contribution in [2.24, 2.45) is 11.8 Å². The van der Waals surface area contributed by atoms with Gasteiger partial charge in [0.2, 0.25) is 0 Å². The van der Waals surface area contributed by atoms with Crippen LogP contribution in [0, 0.1) is 29.3 Å². The van der Waals surface area contributed by atoms with Crippen LogP contribution in [0.5, 0.6) is 0 Å². The number of unbranched alkanes of at least 4 members (excludes halogenated alkanes) is 2. The normalized spacial score (nSPS) is 21.3. The highest BCUT2D eigenvalue weighted by Crippen LogP contribution is 2.39. The number of halogens is 3. The van der Waals surface area contributed by atoms with Gasteiger partial charge in [0.05, 0.1) is 0 Å². The van der Waals surface area contributed by atoms with Crippen LogP contribution < -0.4 is 0 Å². The molecule has 0 unspecified atom stereocenters. The Morgan fingerprint density at radius 3 is 2.37 bits per heavy atom. The molecule has 0 bridgehead atoms. The molecular formula is C27H31F3. The maximum absolute atomic E-state index is 14.8. The van der Waals surface area contributed by atoms with Crippen LogP contribution in [0.2, 0.25) is 0 Å². The molecule has 0 aromatic heterocycles. The lowest BCUT2D eigenvalue weighted by Crippen LogP contribution is -2.19. The molecule has 0 heterocycles. The minimum Gasteiger partial charge on any atom is -0.206 e. The van der Waals surface area contributed by atoms with Crippen molar-refractivity contribution in [3.63, 3.8) is 0 Å². The number of benzene rings is 2. The van der Waals surface area contributed by atoms with Gasteiger partial charge < -0.3 is 0 Å². The summed E-state index contributed by atoms with van der Waals surface area (Å²) in [5.41, 5.74) is 4.33. The van der Waals surface area contributed by atoms with Crippen molar-refractivity contribution in [2.45, 2.75) is 71.1 Å². The van der Waals surface area contributed by atoms with Crippen LogP contribution in [-0.2, 0) is 12.8 Å². The van der Waals surface area contributed by atoms with Gasteiger partial charge in [-0.05, 0) is 91.3 Å². The Labute approximate surface area is 178 Å². The van der Waals surface area contributed by atoms with E-state index < -0.39 is 11.6 Å². The number of fused-ring (bicyclic) bond motifs is 1. The molecule has 0 atom stereocenters. The first-order valence-corrected chi connectivity index (χ1v) is 11.5. The molecule has 1 fully saturated rings. The molecular weight excluding hydrogens is 381 g/mol. The summed E-state index contributed by atoms with van der Waals surface area (Å²) in [6.45, 7) is 2.26. The van der Waals surface area contributed by atoms with E-state index in [1.54, 1.807) is 6.07 Å². The van der Waals surface area contributed by atoms with Crippen molar-refractivity contribution >= 4 is 0 Å². The highest BCUT2D eigenvalue weighted by Gasteiger charge is 2.26. The fraction of sp³-hybridized carbons (Fsp3) is 0.481. The van der Waals surface area contributed by atoms with Crippen molar-refractivity contribution < 1.29 is 13.2 Å². The third-order valence-corrected chi connectivity index (χ3v) is 7.09. The maximum Gasteiger partial charge on any atom is 0.159 e. The van der Waals surface area contributed by atoms with Gasteiger partial charge in [-0.1, -0.05) is 50.3 Å². The minimum absolute atomic E-state index is 0.345. The smallest absolute Gasteiger partial charge is 0.159 e. The van der Waals surface area contributed by atoms with Gasteiger partial charge in [0.15, 0.2) is 11.6 Å². The summed E-state index contributed by atoms with van der Waals surface area (Å²) in [7, 11) is 0. The molecule has 0 amide bonds. The minimum atomic E-state index is -0.947. The largest absolute Gasteiger partial charge is 0.206 e. The molecule has 160 valence electrons. The summed E-state index contributed by atoms with van der Waals surface area (Å²) in [5, 5.41) is 0. The van der Waals surface area contributed by atoms with Crippen molar-refractivity contribution in [3.05, 3.63) is 70.6 Å². The lowest BCUT2D eigenvalue weighted by molar-refractivity contribution is 0.279. The molecule has 0 aliphatic heterocycles. The first kappa shape index (κ1) is 21.2. The zero-order valence-corrected chi connectivity index (χ0v) is 17.8. The number of hydrogen-bond donors (Lipinski definition) is 0. The Morgan fingerprint density at radius 1 is 0.833 bits per heavy atom. The molecule has 2 aliphatic rings. The fourth-order valence-electron chi connectivity index (χ4n) is 5.25. The second-order valence-corrected chi connectivity index (χ2v) is 9.10. The summed E-state index contributed by atoms with van der Waals surface area (Å²) < 4.78 is 41.7. The average Bonchev–Trinajstić information content (AvgIpc) is 2.75. The number of allylic oxidation sites excluding steroid dienone is 2. The van der Waals surface area contributed by atoms with Crippen LogP contribution in [0.4, 0.5) is 13.2 Å². The second kappa shape index (κ2) is 9.41. The summed E-state index contributed by atoms with van der Waals surface area (Å²) in [6.07, 6.45) is 14.5. The van der Waals surface area contributed by atoms with E-state index in [-0.39, 0.29) is 5.82 Å². The van der Waals surface area contributed by atoms with Gasteiger partial charge in [-0.2, -0.15) is 0 Å². The summed E-state index contributed by atoms with van der Waals surface area (Å²) >= 11 is 0. The first-order valence-electron chi connectivity index (χ1n) is 11.5. The maximum atomic E-state index is 14.8. The molecule has 0 spiro atoms. The first-order chi connectivity index (χ1) is 14.5. The van der Waals surface area contributed by atoms with E-state index in [1.807, 2.05) is 6.07 Å². The third kappa shape index (κ3) is 4.66. The molecule has 3 heteroatoms. The van der Waals surface area contributed by atoms with Crippen LogP contribution in [0.15, 0.2) is 42.0 Å². The van der Waals surface area contributed by atoms with E-state index in [0.29, 0.717) is 17.0 Å². The second-order valence-electron chi connectivity index (χ2n) is 9.10. The Balaban J connectivity index is 1.43. The van der Waals surface area contributed by atoms with Crippen molar-refractivity contribution in [1.82, 2.24) is 0 Å². The van der Waals surface area contributed by atoms with E-state index in [0.717, 1.165) is 42.0 Å². The number of rotatable bonds is 6. The summed E-state index contributed by atoms with van der Waals surface area (Å²) in [4.78, 5) is 0. The predicted molar refractivity (Wildman–Crippen MR) is 117 cm³/mol. The standard InChI is InChI=1S/C27H31F3/c1-2-3-4-5-18-6-8-19(9-7-18)20-10-11-21-15-24(26(29)17-23(21)14-20)22-12-13-25(28)27(30)16-22/h10,12-13,15-19H,2-9,11,14H2,1H3. The molecule has 4 rings (SSSR count). The molecule has 0 radical (unpaired) electrons. The average molecular weight is 413 g/mol. The molecule has 0 nitrogen and oxygen atoms in total. The van der Waals surface area contributed by atoms with Crippen LogP contribution in [0.1, 0.15) is 69.4 Å². The van der Waals surface area contributed by atoms with Gasteiger partial charge in [0.25, 0.3) is 0 Å². The van der Waals surface area contributed by atoms with E-state index in [2.05, 4.69) is 13.0 Å². The Bertz CT molecular complexity index is 920. The van der Waals surface area contributed by atoms with Gasteiger partial charge in [0, 0.05) is 5.56 Å². The summed E-state index contributed by atoms with van der Waals surface area (Å²) in [5.74, 6) is -0.697. The molecule has 2 aliphatic carbocycles. The molecule has 1 saturated carbocycles. The van der Waals surface area contributed by atoms with Gasteiger partial charge in [-0.25, -0.2) is 13.2 Å². The van der Waals surface area contributed by atoms with E-state index >= 15 is 0 Å². The Morgan fingerprint density at radius 2 is 1.63 bits per heavy atom. The van der Waals surface area contributed by atoms with Crippen LogP contribution in [-0.4, -0.2) is 0 Å². The molecule has 30 heavy (non-hydrogen) atoms. The number of hydrogen-bond acceptors (Lipinski definition) is 0. The third-order valence-electron chi connectivity index (χ3n) is 7.09. The molecule has 0 N–H and O–H groups in total. The SMILES string of the molecule is CCCCCC1CCC(C2=CCc3cc(-c4ccc(F)c(F)c4)c(F)cc3C2)CC1. The highest BCUT2D eigenvalue weighted by molar-refractivity contribution is 5.66. The van der Waals surface area contributed by atoms with Gasteiger partial charge >= 0.3 is 0 Å². The lowest BCUT2D eigenvalue weighted by Gasteiger charge is -2.32. The van der Waals surface area contributed by atoms with Crippen molar-refractivity contribution in [2.75, 3.05) is 0 Å². The monoisotopic (exact) mass is 412 g/mol. The van der Waals surface area contributed by atoms with Crippen LogP contribution in [0.3, 0.4) is 0 Å². The van der Waals surface area contributed by atoms with E-state index in [1.165, 1.54) is 63.0 Å². The van der Waals surface area contributed by atoms with Crippen LogP contribution >= 0.6 is 0 Å². The summed E-state index contributed by atoms with van der Waals surface area (Å²) in [6, 6.07) is 6.99. The zero-order chi connectivity index (χ0) is 21.1. The van der Waals surface area contributed by atoms with Gasteiger partial charge in [-0.3, -0.25) is 0 Å². The van der Waals surface area contributed by atoms with Gasteiger partial charge in [0.1, 0.15) is 5.82 Å². The van der Waals surface area contributed by atoms with Crippen molar-refractivity contribution in [3.8, 4) is 11.1 Å². The Kier molecular flexibility index (Phi) is 6.65. The lowest BCUT2D eigenvalue weighted by atomic mass is 9.73. The van der Waals surface area contributed by atoms with Crippen LogP contribution in [0.25, 0.3) is 11.1 Å². The molecule has 2 aromatic carbocycles. The Hall–Kier alpha value is -2.03. The zero-order valence-electron chi connectivity index (χ0n) is 17.8. The van der Waals surface area contributed by atoms with Gasteiger partial charge in [-0.15, -0.1) is 0 Å². The predicted octanol–water partition coefficient (Wildman–Crippen LogP) is 8.18. The van der Waals surface area contributed by atoms with E-state index in [4.69, 9.17) is 0 Å². The topological polar surface area (TPSA) is 0 Å². The molecule has 0 saturated heterocycles. The molecule has 2 aromatic rings. The van der Waals surface area contributed by atoms with E-state index in [9.17, 15) is 13.2 Å². The van der Waals surface area contributed by atoms with Crippen molar-refractivity contribution in [1.29, 1.82) is 0 Å². The quantitative estimate of drug-likeness (QED) is 0.331.